The predicted molar refractivity (Wildman–Crippen MR) is 56.7 cm³/mol. The molecule has 1 fully saturated rings. The lowest BCUT2D eigenvalue weighted by molar-refractivity contribution is 0.0384. The minimum atomic E-state index is -0.405. The second-order valence-corrected chi connectivity index (χ2v) is 4.89. The van der Waals surface area contributed by atoms with E-state index in [9.17, 15) is 5.11 Å². The molecule has 0 saturated heterocycles. The standard InChI is InChI=1S/C12H24O/c1-3-12(2,13)10-9-11-7-5-4-6-8-11/h11,13H,3-10H2,1-2H3. The van der Waals surface area contributed by atoms with Gasteiger partial charge in [-0.3, -0.25) is 0 Å². The molecule has 1 aliphatic carbocycles. The van der Waals surface area contributed by atoms with Gasteiger partial charge in [0.1, 0.15) is 0 Å². The lowest BCUT2D eigenvalue weighted by Gasteiger charge is -2.26. The van der Waals surface area contributed by atoms with E-state index in [-0.39, 0.29) is 0 Å². The highest BCUT2D eigenvalue weighted by molar-refractivity contribution is 4.74. The van der Waals surface area contributed by atoms with Gasteiger partial charge in [0.15, 0.2) is 0 Å². The molecule has 0 spiro atoms. The summed E-state index contributed by atoms with van der Waals surface area (Å²) in [7, 11) is 0. The van der Waals surface area contributed by atoms with Gasteiger partial charge in [-0.05, 0) is 32.1 Å². The van der Waals surface area contributed by atoms with E-state index in [2.05, 4.69) is 6.92 Å². The van der Waals surface area contributed by atoms with Gasteiger partial charge in [-0.15, -0.1) is 0 Å². The molecule has 0 heterocycles. The molecule has 1 rings (SSSR count). The number of hydrogen-bond donors (Lipinski definition) is 1. The van der Waals surface area contributed by atoms with Gasteiger partial charge >= 0.3 is 0 Å². The smallest absolute Gasteiger partial charge is 0.0617 e. The molecule has 0 aliphatic heterocycles. The van der Waals surface area contributed by atoms with Crippen molar-refractivity contribution in [3.05, 3.63) is 0 Å². The van der Waals surface area contributed by atoms with E-state index < -0.39 is 5.60 Å². The molecule has 1 heteroatoms. The average molecular weight is 184 g/mol. The Kier molecular flexibility index (Phi) is 4.24. The Morgan fingerprint density at radius 1 is 1.23 bits per heavy atom. The van der Waals surface area contributed by atoms with Crippen molar-refractivity contribution in [3.8, 4) is 0 Å². The van der Waals surface area contributed by atoms with Crippen molar-refractivity contribution in [2.24, 2.45) is 5.92 Å². The van der Waals surface area contributed by atoms with E-state index in [1.165, 1.54) is 38.5 Å². The van der Waals surface area contributed by atoms with Crippen molar-refractivity contribution >= 4 is 0 Å². The van der Waals surface area contributed by atoms with Crippen LogP contribution in [0.25, 0.3) is 0 Å². The fraction of sp³-hybridized carbons (Fsp3) is 1.00. The van der Waals surface area contributed by atoms with Gasteiger partial charge in [-0.1, -0.05) is 39.0 Å². The molecule has 78 valence electrons. The summed E-state index contributed by atoms with van der Waals surface area (Å²) in [6.07, 6.45) is 10.2. The zero-order valence-corrected chi connectivity index (χ0v) is 9.18. The minimum Gasteiger partial charge on any atom is -0.390 e. The molecule has 0 aromatic carbocycles. The van der Waals surface area contributed by atoms with Gasteiger partial charge in [0.05, 0.1) is 5.60 Å². The summed E-state index contributed by atoms with van der Waals surface area (Å²) in [6.45, 7) is 4.04. The molecule has 0 amide bonds. The maximum absolute atomic E-state index is 9.85. The first-order chi connectivity index (χ1) is 6.14. The average Bonchev–Trinajstić information content (AvgIpc) is 2.17. The summed E-state index contributed by atoms with van der Waals surface area (Å²) in [5, 5.41) is 9.85. The zero-order valence-electron chi connectivity index (χ0n) is 9.18. The second kappa shape index (κ2) is 4.99. The molecule has 1 unspecified atom stereocenters. The van der Waals surface area contributed by atoms with Gasteiger partial charge in [0, 0.05) is 0 Å². The normalized spacial score (nSPS) is 24.2. The Morgan fingerprint density at radius 2 is 1.85 bits per heavy atom. The molecule has 13 heavy (non-hydrogen) atoms. The van der Waals surface area contributed by atoms with Crippen LogP contribution < -0.4 is 0 Å². The maximum Gasteiger partial charge on any atom is 0.0617 e. The molecule has 0 aromatic heterocycles. The molecule has 0 aromatic rings. The van der Waals surface area contributed by atoms with E-state index >= 15 is 0 Å². The summed E-state index contributed by atoms with van der Waals surface area (Å²) in [4.78, 5) is 0. The van der Waals surface area contributed by atoms with Gasteiger partial charge in [-0.25, -0.2) is 0 Å². The first-order valence-corrected chi connectivity index (χ1v) is 5.86. The highest BCUT2D eigenvalue weighted by Crippen LogP contribution is 2.30. The molecule has 1 saturated carbocycles. The first-order valence-electron chi connectivity index (χ1n) is 5.86. The Hall–Kier alpha value is -0.0400. The second-order valence-electron chi connectivity index (χ2n) is 4.89. The Labute approximate surface area is 82.5 Å². The maximum atomic E-state index is 9.85. The molecule has 0 radical (unpaired) electrons. The van der Waals surface area contributed by atoms with Crippen LogP contribution in [-0.2, 0) is 0 Å². The van der Waals surface area contributed by atoms with Crippen LogP contribution in [0.4, 0.5) is 0 Å². The summed E-state index contributed by atoms with van der Waals surface area (Å²) in [6, 6.07) is 0. The van der Waals surface area contributed by atoms with Crippen molar-refractivity contribution in [3.63, 3.8) is 0 Å². The summed E-state index contributed by atoms with van der Waals surface area (Å²) < 4.78 is 0. The minimum absolute atomic E-state index is 0.405. The molecule has 1 nitrogen and oxygen atoms in total. The van der Waals surface area contributed by atoms with Crippen molar-refractivity contribution in [1.82, 2.24) is 0 Å². The van der Waals surface area contributed by atoms with Crippen LogP contribution in [0.15, 0.2) is 0 Å². The van der Waals surface area contributed by atoms with Crippen molar-refractivity contribution in [1.29, 1.82) is 0 Å². The summed E-state index contributed by atoms with van der Waals surface area (Å²) in [5.74, 6) is 0.909. The van der Waals surface area contributed by atoms with Crippen LogP contribution in [0.3, 0.4) is 0 Å². The van der Waals surface area contributed by atoms with Crippen molar-refractivity contribution in [2.75, 3.05) is 0 Å². The number of aliphatic hydroxyl groups is 1. The third-order valence-electron chi connectivity index (χ3n) is 3.58. The lowest BCUT2D eigenvalue weighted by atomic mass is 9.83. The van der Waals surface area contributed by atoms with Gasteiger partial charge in [0.2, 0.25) is 0 Å². The van der Waals surface area contributed by atoms with Gasteiger partial charge < -0.3 is 5.11 Å². The Morgan fingerprint density at radius 3 is 2.38 bits per heavy atom. The van der Waals surface area contributed by atoms with Crippen LogP contribution >= 0.6 is 0 Å². The fourth-order valence-corrected chi connectivity index (χ4v) is 2.17. The molecule has 1 atom stereocenters. The highest BCUT2D eigenvalue weighted by Gasteiger charge is 2.20. The quantitative estimate of drug-likeness (QED) is 0.709. The Bertz CT molecular complexity index is 134. The molecular weight excluding hydrogens is 160 g/mol. The molecule has 1 aliphatic rings. The van der Waals surface area contributed by atoms with Gasteiger partial charge in [-0.2, -0.15) is 0 Å². The third-order valence-corrected chi connectivity index (χ3v) is 3.58. The topological polar surface area (TPSA) is 20.2 Å². The van der Waals surface area contributed by atoms with E-state index in [0.29, 0.717) is 0 Å². The number of hydrogen-bond acceptors (Lipinski definition) is 1. The van der Waals surface area contributed by atoms with Crippen LogP contribution in [0.2, 0.25) is 0 Å². The van der Waals surface area contributed by atoms with Crippen molar-refractivity contribution in [2.45, 2.75) is 70.8 Å². The number of rotatable bonds is 4. The first kappa shape index (κ1) is 11.0. The van der Waals surface area contributed by atoms with Crippen LogP contribution in [0, 0.1) is 5.92 Å². The fourth-order valence-electron chi connectivity index (χ4n) is 2.17. The summed E-state index contributed by atoms with van der Waals surface area (Å²) >= 11 is 0. The highest BCUT2D eigenvalue weighted by atomic mass is 16.3. The Balaban J connectivity index is 2.17. The predicted octanol–water partition coefficient (Wildman–Crippen LogP) is 3.51. The molecule has 1 N–H and O–H groups in total. The SMILES string of the molecule is CCC(C)(O)CCC1CCCCC1. The molecule has 0 bridgehead atoms. The lowest BCUT2D eigenvalue weighted by Crippen LogP contribution is -2.24. The largest absolute Gasteiger partial charge is 0.390 e. The van der Waals surface area contributed by atoms with Gasteiger partial charge in [0.25, 0.3) is 0 Å². The zero-order chi connectivity index (χ0) is 9.73. The third kappa shape index (κ3) is 4.12. The van der Waals surface area contributed by atoms with Crippen LogP contribution in [-0.4, -0.2) is 10.7 Å². The summed E-state index contributed by atoms with van der Waals surface area (Å²) in [5.41, 5.74) is -0.405. The van der Waals surface area contributed by atoms with E-state index in [4.69, 9.17) is 0 Å². The van der Waals surface area contributed by atoms with E-state index in [1.807, 2.05) is 6.92 Å². The van der Waals surface area contributed by atoms with Crippen molar-refractivity contribution < 1.29 is 5.11 Å². The van der Waals surface area contributed by atoms with E-state index in [0.717, 1.165) is 18.8 Å². The monoisotopic (exact) mass is 184 g/mol. The van der Waals surface area contributed by atoms with E-state index in [1.54, 1.807) is 0 Å². The van der Waals surface area contributed by atoms with Crippen LogP contribution in [0.1, 0.15) is 65.2 Å². The van der Waals surface area contributed by atoms with Crippen LogP contribution in [0.5, 0.6) is 0 Å². The molecular formula is C12H24O.